The molecule has 0 bridgehead atoms. The third-order valence-corrected chi connectivity index (χ3v) is 4.80. The average molecular weight is 321 g/mol. The number of rotatable bonds is 6. The Morgan fingerprint density at radius 2 is 2.10 bits per heavy atom. The molecule has 120 valence electrons. The molecule has 1 fully saturated rings. The van der Waals surface area contributed by atoms with Crippen molar-refractivity contribution in [2.24, 2.45) is 0 Å². The Balaban J connectivity index is 2.65. The second-order valence-corrected chi connectivity index (χ2v) is 6.46. The molecule has 10 heteroatoms. The fourth-order valence-corrected chi connectivity index (χ4v) is 2.86. The van der Waals surface area contributed by atoms with Gasteiger partial charge in [0.2, 0.25) is 11.8 Å². The first kappa shape index (κ1) is 17.5. The lowest BCUT2D eigenvalue weighted by Crippen LogP contribution is -2.55. The lowest BCUT2D eigenvalue weighted by atomic mass is 10.1. The van der Waals surface area contributed by atoms with Gasteiger partial charge in [-0.1, -0.05) is 0 Å². The van der Waals surface area contributed by atoms with E-state index in [1.807, 2.05) is 0 Å². The van der Waals surface area contributed by atoms with E-state index in [0.717, 1.165) is 9.21 Å². The van der Waals surface area contributed by atoms with Crippen molar-refractivity contribution in [3.63, 3.8) is 0 Å². The molecule has 2 amide bonds. The van der Waals surface area contributed by atoms with Gasteiger partial charge in [0.15, 0.2) is 0 Å². The van der Waals surface area contributed by atoms with E-state index in [9.17, 15) is 22.8 Å². The van der Waals surface area contributed by atoms with Crippen molar-refractivity contribution < 1.29 is 27.5 Å². The van der Waals surface area contributed by atoms with Crippen molar-refractivity contribution >= 4 is 28.0 Å². The van der Waals surface area contributed by atoms with Crippen LogP contribution in [0.5, 0.6) is 0 Å². The number of likely N-dealkylation sites (tertiary alicyclic amines) is 1. The number of piperidine rings is 1. The van der Waals surface area contributed by atoms with Gasteiger partial charge in [0.25, 0.3) is 10.2 Å². The third kappa shape index (κ3) is 4.48. The molecule has 1 atom stereocenters. The number of nitrogens with zero attached hydrogens (tertiary/aromatic N) is 2. The van der Waals surface area contributed by atoms with Crippen LogP contribution in [0.2, 0.25) is 0 Å². The summed E-state index contributed by atoms with van der Waals surface area (Å²) in [6.07, 6.45) is 0.123. The van der Waals surface area contributed by atoms with E-state index in [4.69, 9.17) is 0 Å². The van der Waals surface area contributed by atoms with Gasteiger partial charge < -0.3 is 4.74 Å². The highest BCUT2D eigenvalue weighted by molar-refractivity contribution is 7.87. The van der Waals surface area contributed by atoms with Gasteiger partial charge in [-0.3, -0.25) is 19.3 Å². The highest BCUT2D eigenvalue weighted by Crippen LogP contribution is 2.13. The number of likely N-dealkylation sites (N-methyl/N-ethyl adjacent to an activating group) is 1. The van der Waals surface area contributed by atoms with Gasteiger partial charge in [0.05, 0.1) is 13.5 Å². The molecule has 1 unspecified atom stereocenters. The van der Waals surface area contributed by atoms with Gasteiger partial charge in [0, 0.05) is 27.1 Å². The number of ether oxygens (including phenoxy) is 1. The Morgan fingerprint density at radius 3 is 2.67 bits per heavy atom. The zero-order chi connectivity index (χ0) is 16.2. The van der Waals surface area contributed by atoms with Gasteiger partial charge in [-0.05, 0) is 6.42 Å². The number of nitrogens with one attached hydrogen (secondary N) is 1. The summed E-state index contributed by atoms with van der Waals surface area (Å²) in [6, 6.07) is -0.974. The summed E-state index contributed by atoms with van der Waals surface area (Å²) in [5, 5.41) is 0. The summed E-state index contributed by atoms with van der Waals surface area (Å²) in [5.41, 5.74) is 0. The fraction of sp³-hybridized carbons (Fsp3) is 0.727. The summed E-state index contributed by atoms with van der Waals surface area (Å²) in [6.45, 7) is -0.0717. The van der Waals surface area contributed by atoms with Crippen LogP contribution in [0.15, 0.2) is 0 Å². The Bertz CT molecular complexity index is 532. The zero-order valence-corrected chi connectivity index (χ0v) is 13.0. The van der Waals surface area contributed by atoms with Crippen molar-refractivity contribution in [2.75, 3.05) is 27.7 Å². The van der Waals surface area contributed by atoms with Crippen LogP contribution < -0.4 is 4.72 Å². The minimum Gasteiger partial charge on any atom is -0.469 e. The molecular formula is C11H19N3O6S. The average Bonchev–Trinajstić information content (AvgIpc) is 2.44. The lowest BCUT2D eigenvalue weighted by molar-refractivity contribution is -0.147. The van der Waals surface area contributed by atoms with Crippen molar-refractivity contribution in [1.29, 1.82) is 0 Å². The number of carbonyl (C=O) groups is 3. The van der Waals surface area contributed by atoms with Crippen LogP contribution in [0.4, 0.5) is 0 Å². The Labute approximate surface area is 123 Å². The van der Waals surface area contributed by atoms with Crippen LogP contribution in [0.3, 0.4) is 0 Å². The number of hydrogen-bond donors (Lipinski definition) is 1. The molecule has 0 aromatic heterocycles. The highest BCUT2D eigenvalue weighted by Gasteiger charge is 2.35. The molecule has 1 aliphatic heterocycles. The lowest BCUT2D eigenvalue weighted by Gasteiger charge is -2.29. The second kappa shape index (κ2) is 6.96. The van der Waals surface area contributed by atoms with Crippen LogP contribution in [-0.2, 0) is 29.3 Å². The number of esters is 1. The van der Waals surface area contributed by atoms with Crippen molar-refractivity contribution in [3.05, 3.63) is 0 Å². The Hall–Kier alpha value is -1.52. The monoisotopic (exact) mass is 321 g/mol. The number of methoxy groups -OCH3 is 1. The summed E-state index contributed by atoms with van der Waals surface area (Å²) in [4.78, 5) is 35.1. The van der Waals surface area contributed by atoms with Gasteiger partial charge in [0.1, 0.15) is 6.04 Å². The first-order valence-electron chi connectivity index (χ1n) is 6.30. The predicted molar refractivity (Wildman–Crippen MR) is 72.1 cm³/mol. The van der Waals surface area contributed by atoms with E-state index in [-0.39, 0.29) is 31.7 Å². The normalized spacial score (nSPS) is 20.0. The van der Waals surface area contributed by atoms with Crippen LogP contribution in [0.1, 0.15) is 19.3 Å². The number of carbonyl (C=O) groups excluding carboxylic acids is 3. The molecule has 1 saturated heterocycles. The molecule has 9 nitrogen and oxygen atoms in total. The molecule has 0 aliphatic carbocycles. The van der Waals surface area contributed by atoms with E-state index in [1.165, 1.54) is 21.2 Å². The molecule has 1 aliphatic rings. The van der Waals surface area contributed by atoms with Crippen LogP contribution >= 0.6 is 0 Å². The maximum absolute atomic E-state index is 12.0. The summed E-state index contributed by atoms with van der Waals surface area (Å²) in [5.74, 6) is -1.46. The minimum absolute atomic E-state index is 0.0717. The van der Waals surface area contributed by atoms with Crippen molar-refractivity contribution in [3.8, 4) is 0 Å². The molecule has 1 heterocycles. The Morgan fingerprint density at radius 1 is 1.48 bits per heavy atom. The van der Waals surface area contributed by atoms with Crippen molar-refractivity contribution in [1.82, 2.24) is 13.9 Å². The number of amides is 2. The van der Waals surface area contributed by atoms with Gasteiger partial charge in [-0.2, -0.15) is 17.4 Å². The van der Waals surface area contributed by atoms with Gasteiger partial charge in [-0.25, -0.2) is 0 Å². The first-order valence-corrected chi connectivity index (χ1v) is 7.74. The number of hydrogen-bond acceptors (Lipinski definition) is 6. The smallest absolute Gasteiger partial charge is 0.306 e. The van der Waals surface area contributed by atoms with E-state index < -0.39 is 28.1 Å². The number of imide groups is 1. The largest absolute Gasteiger partial charge is 0.469 e. The molecule has 0 spiro atoms. The predicted octanol–water partition coefficient (Wildman–Crippen LogP) is -1.54. The SMILES string of the molecule is COC(=O)CCN(C)S(=O)(=O)NC1CCC(=O)N(C)C1=O. The summed E-state index contributed by atoms with van der Waals surface area (Å²) in [7, 11) is -0.113. The van der Waals surface area contributed by atoms with E-state index in [1.54, 1.807) is 0 Å². The topological polar surface area (TPSA) is 113 Å². The van der Waals surface area contributed by atoms with Crippen LogP contribution in [-0.4, -0.2) is 69.2 Å². The maximum Gasteiger partial charge on any atom is 0.306 e. The zero-order valence-electron chi connectivity index (χ0n) is 12.2. The molecule has 0 saturated carbocycles. The molecule has 21 heavy (non-hydrogen) atoms. The van der Waals surface area contributed by atoms with Gasteiger partial charge in [-0.15, -0.1) is 0 Å². The second-order valence-electron chi connectivity index (χ2n) is 4.65. The minimum atomic E-state index is -3.92. The standard InChI is InChI=1S/C11H19N3O6S/c1-13(7-6-10(16)20-3)21(18,19)12-8-4-5-9(15)14(2)11(8)17/h8,12H,4-7H2,1-3H3. The van der Waals surface area contributed by atoms with Gasteiger partial charge >= 0.3 is 5.97 Å². The highest BCUT2D eigenvalue weighted by atomic mass is 32.2. The Kier molecular flexibility index (Phi) is 5.81. The third-order valence-electron chi connectivity index (χ3n) is 3.21. The van der Waals surface area contributed by atoms with Crippen LogP contribution in [0.25, 0.3) is 0 Å². The van der Waals surface area contributed by atoms with E-state index in [0.29, 0.717) is 0 Å². The maximum atomic E-state index is 12.0. The van der Waals surface area contributed by atoms with E-state index >= 15 is 0 Å². The van der Waals surface area contributed by atoms with Crippen LogP contribution in [0, 0.1) is 0 Å². The summed E-state index contributed by atoms with van der Waals surface area (Å²) < 4.78 is 31.7. The van der Waals surface area contributed by atoms with E-state index in [2.05, 4.69) is 9.46 Å². The molecule has 1 N–H and O–H groups in total. The fourth-order valence-electron chi connectivity index (χ4n) is 1.77. The molecule has 0 aromatic rings. The van der Waals surface area contributed by atoms with Crippen molar-refractivity contribution in [2.45, 2.75) is 25.3 Å². The molecule has 1 rings (SSSR count). The summed E-state index contributed by atoms with van der Waals surface area (Å²) >= 11 is 0. The quantitative estimate of drug-likeness (QED) is 0.469. The molecule has 0 aromatic carbocycles. The molecular weight excluding hydrogens is 302 g/mol. The molecule has 0 radical (unpaired) electrons. The first-order chi connectivity index (χ1) is 9.69.